The van der Waals surface area contributed by atoms with Gasteiger partial charge in [-0.1, -0.05) is 220 Å². The van der Waals surface area contributed by atoms with E-state index < -0.39 is 11.6 Å². The minimum absolute atomic E-state index is 0.191. The van der Waals surface area contributed by atoms with Gasteiger partial charge >= 0.3 is 5.97 Å². The normalized spacial score (nSPS) is 13.7. The SMILES string of the molecule is CC(C)CCCOc1c2cc(C(C)(C)C)cc1Cc1cc(C(C)(C)C)cc(c1OCCCC(C)C)Cc1cc(C(C)(C)C)cc(c1OCC(=O)OC(C)(C)C)Cc1cc(C(C)(C)C)cc(c1OCCCC(C)C)Cc1cc(C(C)(C)C)cc(c1OCCCC(C)C)C2. The molecule has 10 bridgehead atoms. The van der Waals surface area contributed by atoms with Gasteiger partial charge in [0.15, 0.2) is 6.61 Å². The zero-order chi connectivity index (χ0) is 68.5. The highest BCUT2D eigenvalue weighted by molar-refractivity contribution is 5.72. The van der Waals surface area contributed by atoms with E-state index in [9.17, 15) is 4.79 Å². The van der Waals surface area contributed by atoms with E-state index in [4.69, 9.17) is 28.4 Å². The Bertz CT molecular complexity index is 3040. The van der Waals surface area contributed by atoms with Gasteiger partial charge in [-0.05, 0) is 206 Å². The van der Waals surface area contributed by atoms with Crippen molar-refractivity contribution in [3.63, 3.8) is 0 Å². The Morgan fingerprint density at radius 1 is 0.304 bits per heavy atom. The first-order valence-electron chi connectivity index (χ1n) is 35.7. The molecule has 0 amide bonds. The number of carbonyl (C=O) groups excluding carboxylic acids is 1. The molecule has 5 aromatic carbocycles. The summed E-state index contributed by atoms with van der Waals surface area (Å²) in [5.74, 6) is 6.19. The van der Waals surface area contributed by atoms with Gasteiger partial charge in [0, 0.05) is 32.1 Å². The predicted molar refractivity (Wildman–Crippen MR) is 389 cm³/mol. The van der Waals surface area contributed by atoms with Gasteiger partial charge in [-0.25, -0.2) is 4.79 Å². The maximum absolute atomic E-state index is 14.1. The van der Waals surface area contributed by atoms with Crippen molar-refractivity contribution in [3.05, 3.63) is 144 Å². The molecule has 0 saturated carbocycles. The average molecular weight is 1260 g/mol. The standard InChI is InChI=1S/C85H128O7/c1-55(2)31-27-35-87-75-59-39-60-45-70(81(12,13)14)47-62(76(60)88-36-28-32-56(3)4)41-64-49-72(83(18,19)20)51-66(78(64)90-38-30-34-58(7)8)43-68-53-73(84(21,22)23)52-67(79(68)91-54-74(86)92-85(24,25)26)42-65-50-71(82(15,16)17)48-63(77(65)89-37-29-33-57(5)6)40-61(75)46-69(44-59)80(9,10)11/h44-53,55-58H,27-43,54H2,1-26H3. The monoisotopic (exact) mass is 1260 g/mol. The quantitative estimate of drug-likeness (QED) is 0.0467. The number of benzene rings is 5. The fourth-order valence-electron chi connectivity index (χ4n) is 12.4. The fraction of sp³-hybridized carbons (Fsp3) is 0.635. The molecule has 1 aliphatic rings. The summed E-state index contributed by atoms with van der Waals surface area (Å²) < 4.78 is 42.9. The first-order chi connectivity index (χ1) is 42.6. The Morgan fingerprint density at radius 3 is 0.630 bits per heavy atom. The lowest BCUT2D eigenvalue weighted by Gasteiger charge is -2.29. The Balaban J connectivity index is 1.91. The highest BCUT2D eigenvalue weighted by atomic mass is 16.6. The zero-order valence-corrected chi connectivity index (χ0v) is 63.2. The number of fused-ring (bicyclic) bond motifs is 10. The Morgan fingerprint density at radius 2 is 0.478 bits per heavy atom. The Hall–Kier alpha value is -5.43. The van der Waals surface area contributed by atoms with E-state index >= 15 is 0 Å². The molecule has 0 spiro atoms. The molecular formula is C85H128O7. The summed E-state index contributed by atoms with van der Waals surface area (Å²) >= 11 is 0. The van der Waals surface area contributed by atoms with Gasteiger partial charge in [0.25, 0.3) is 0 Å². The van der Waals surface area contributed by atoms with Gasteiger partial charge in [0.2, 0.25) is 0 Å². The third-order valence-corrected chi connectivity index (χ3v) is 17.9. The molecule has 0 fully saturated rings. The minimum atomic E-state index is -0.696. The van der Waals surface area contributed by atoms with E-state index in [0.29, 0.717) is 88.0 Å². The molecule has 0 heterocycles. The molecule has 0 aliphatic heterocycles. The van der Waals surface area contributed by atoms with Crippen molar-refractivity contribution in [2.24, 2.45) is 23.7 Å². The molecule has 5 aromatic rings. The third-order valence-electron chi connectivity index (χ3n) is 17.9. The van der Waals surface area contributed by atoms with Crippen LogP contribution in [0.1, 0.15) is 315 Å². The van der Waals surface area contributed by atoms with E-state index in [1.54, 1.807) is 0 Å². The number of hydrogen-bond acceptors (Lipinski definition) is 7. The molecule has 0 radical (unpaired) electrons. The molecule has 510 valence electrons. The number of esters is 1. The van der Waals surface area contributed by atoms with Crippen molar-refractivity contribution in [1.82, 2.24) is 0 Å². The van der Waals surface area contributed by atoms with Gasteiger partial charge in [0.05, 0.1) is 26.4 Å². The highest BCUT2D eigenvalue weighted by Crippen LogP contribution is 2.46. The third kappa shape index (κ3) is 22.3. The molecule has 6 rings (SSSR count). The van der Waals surface area contributed by atoms with E-state index in [-0.39, 0.29) is 33.7 Å². The zero-order valence-electron chi connectivity index (χ0n) is 63.2. The lowest BCUT2D eigenvalue weighted by molar-refractivity contribution is -0.157. The summed E-state index contributed by atoms with van der Waals surface area (Å²) in [4.78, 5) is 14.1. The second kappa shape index (κ2) is 31.4. The summed E-state index contributed by atoms with van der Waals surface area (Å²) in [5, 5.41) is 0. The second-order valence-corrected chi connectivity index (χ2v) is 35.2. The summed E-state index contributed by atoms with van der Waals surface area (Å²) in [6, 6.07) is 24.2. The lowest BCUT2D eigenvalue weighted by atomic mass is 9.79. The first kappa shape index (κ1) is 75.6. The van der Waals surface area contributed by atoms with E-state index in [0.717, 1.165) is 119 Å². The Kier molecular flexibility index (Phi) is 25.8. The van der Waals surface area contributed by atoms with Crippen LogP contribution in [0.15, 0.2) is 60.7 Å². The van der Waals surface area contributed by atoms with E-state index in [1.165, 1.54) is 38.9 Å². The Labute approximate surface area is 562 Å². The smallest absolute Gasteiger partial charge is 0.344 e. The fourth-order valence-corrected chi connectivity index (χ4v) is 12.4. The molecule has 92 heavy (non-hydrogen) atoms. The van der Waals surface area contributed by atoms with Crippen LogP contribution in [0.3, 0.4) is 0 Å². The summed E-state index contributed by atoms with van der Waals surface area (Å²) in [5.41, 5.74) is 15.5. The van der Waals surface area contributed by atoms with Crippen LogP contribution in [0.5, 0.6) is 28.7 Å². The number of ether oxygens (including phenoxy) is 6. The van der Waals surface area contributed by atoms with Crippen molar-refractivity contribution >= 4 is 5.97 Å². The highest BCUT2D eigenvalue weighted by Gasteiger charge is 2.31. The number of rotatable bonds is 23. The van der Waals surface area contributed by atoms with Crippen molar-refractivity contribution in [2.45, 2.75) is 296 Å². The van der Waals surface area contributed by atoms with Gasteiger partial charge in [-0.2, -0.15) is 0 Å². The summed E-state index contributed by atoms with van der Waals surface area (Å²) in [6.07, 6.45) is 10.8. The molecule has 0 aromatic heterocycles. The van der Waals surface area contributed by atoms with Crippen LogP contribution in [-0.2, 0) is 68.7 Å². The first-order valence-corrected chi connectivity index (χ1v) is 35.7. The summed E-state index contributed by atoms with van der Waals surface area (Å²) in [6.45, 7) is 61.2. The summed E-state index contributed by atoms with van der Waals surface area (Å²) in [7, 11) is 0. The molecule has 0 atom stereocenters. The molecule has 7 nitrogen and oxygen atoms in total. The molecule has 0 saturated heterocycles. The largest absolute Gasteiger partial charge is 0.493 e. The van der Waals surface area contributed by atoms with Crippen molar-refractivity contribution in [1.29, 1.82) is 0 Å². The van der Waals surface area contributed by atoms with E-state index in [1.807, 2.05) is 20.8 Å². The van der Waals surface area contributed by atoms with Crippen LogP contribution in [0.2, 0.25) is 0 Å². The van der Waals surface area contributed by atoms with Crippen LogP contribution < -0.4 is 23.7 Å². The molecule has 0 N–H and O–H groups in total. The maximum atomic E-state index is 14.1. The molecular weight excluding hydrogens is 1130 g/mol. The van der Waals surface area contributed by atoms with Gasteiger partial charge in [0.1, 0.15) is 34.3 Å². The van der Waals surface area contributed by atoms with Crippen LogP contribution in [0.4, 0.5) is 0 Å². The van der Waals surface area contributed by atoms with Crippen LogP contribution in [-0.4, -0.2) is 44.6 Å². The number of carbonyl (C=O) groups is 1. The maximum Gasteiger partial charge on any atom is 0.344 e. The lowest BCUT2D eigenvalue weighted by Crippen LogP contribution is -2.27. The van der Waals surface area contributed by atoms with Crippen molar-refractivity contribution in [3.8, 4) is 28.7 Å². The van der Waals surface area contributed by atoms with Gasteiger partial charge in [-0.15, -0.1) is 0 Å². The van der Waals surface area contributed by atoms with Crippen LogP contribution >= 0.6 is 0 Å². The molecule has 0 unspecified atom stereocenters. The van der Waals surface area contributed by atoms with Gasteiger partial charge in [-0.3, -0.25) is 0 Å². The minimum Gasteiger partial charge on any atom is -0.493 e. The van der Waals surface area contributed by atoms with Crippen LogP contribution in [0, 0.1) is 23.7 Å². The van der Waals surface area contributed by atoms with Crippen LogP contribution in [0.25, 0.3) is 0 Å². The average Bonchev–Trinajstić information content (AvgIpc) is 0.777. The molecule has 7 heteroatoms. The topological polar surface area (TPSA) is 72.5 Å². The number of hydrogen-bond donors (Lipinski definition) is 0. The second-order valence-electron chi connectivity index (χ2n) is 35.2. The van der Waals surface area contributed by atoms with E-state index in [2.05, 4.69) is 220 Å². The van der Waals surface area contributed by atoms with Crippen molar-refractivity contribution in [2.75, 3.05) is 33.0 Å². The molecule has 1 aliphatic carbocycles. The van der Waals surface area contributed by atoms with Gasteiger partial charge < -0.3 is 28.4 Å². The van der Waals surface area contributed by atoms with Crippen molar-refractivity contribution < 1.29 is 33.2 Å². The predicted octanol–water partition coefficient (Wildman–Crippen LogP) is 22.4.